The first-order valence-electron chi connectivity index (χ1n) is 5.85. The van der Waals surface area contributed by atoms with E-state index in [9.17, 15) is 5.11 Å². The number of ether oxygens (including phenoxy) is 1. The van der Waals surface area contributed by atoms with Gasteiger partial charge in [0.15, 0.2) is 0 Å². The van der Waals surface area contributed by atoms with Gasteiger partial charge in [-0.15, -0.1) is 0 Å². The molecule has 2 aromatic rings. The highest BCUT2D eigenvalue weighted by Crippen LogP contribution is 2.23. The molecule has 92 valence electrons. The van der Waals surface area contributed by atoms with Crippen molar-refractivity contribution in [3.63, 3.8) is 0 Å². The van der Waals surface area contributed by atoms with E-state index in [-0.39, 0.29) is 11.3 Å². The van der Waals surface area contributed by atoms with Crippen molar-refractivity contribution >= 4 is 16.8 Å². The summed E-state index contributed by atoms with van der Waals surface area (Å²) in [5.41, 5.74) is 1.47. The molecule has 18 heavy (non-hydrogen) atoms. The van der Waals surface area contributed by atoms with Crippen LogP contribution in [0.4, 0.5) is 0 Å². The second-order valence-corrected chi connectivity index (χ2v) is 5.12. The van der Waals surface area contributed by atoms with Crippen LogP contribution in [0.25, 0.3) is 10.9 Å². The molecule has 0 atom stereocenters. The number of phenols is 1. The van der Waals surface area contributed by atoms with Gasteiger partial charge in [0.1, 0.15) is 12.4 Å². The summed E-state index contributed by atoms with van der Waals surface area (Å²) in [4.78, 5) is 8.83. The first kappa shape index (κ1) is 11.0. The summed E-state index contributed by atoms with van der Waals surface area (Å²) in [5.74, 6) is 0.862. The summed E-state index contributed by atoms with van der Waals surface area (Å²) >= 11 is 0. The molecule has 0 radical (unpaired) electrons. The second kappa shape index (κ2) is 3.70. The van der Waals surface area contributed by atoms with Crippen LogP contribution >= 0.6 is 0 Å². The van der Waals surface area contributed by atoms with Crippen molar-refractivity contribution < 1.29 is 9.84 Å². The molecule has 1 N–H and O–H groups in total. The lowest BCUT2D eigenvalue weighted by molar-refractivity contribution is 0.279. The SMILES string of the molecule is CC1(C)COC(c2cnc3cc(O)ccc3c2)=N1. The Balaban J connectivity index is 2.07. The summed E-state index contributed by atoms with van der Waals surface area (Å²) in [6, 6.07) is 7.10. The number of pyridine rings is 1. The molecule has 1 aromatic heterocycles. The minimum Gasteiger partial charge on any atom is -0.508 e. The van der Waals surface area contributed by atoms with Crippen LogP contribution in [0.2, 0.25) is 0 Å². The number of aliphatic imine (C=N–C) groups is 1. The van der Waals surface area contributed by atoms with Gasteiger partial charge < -0.3 is 9.84 Å². The fourth-order valence-corrected chi connectivity index (χ4v) is 1.96. The molecule has 1 aromatic carbocycles. The number of fused-ring (bicyclic) bond motifs is 1. The summed E-state index contributed by atoms with van der Waals surface area (Å²) in [6.45, 7) is 4.66. The highest BCUT2D eigenvalue weighted by atomic mass is 16.5. The number of nitrogens with zero attached hydrogens (tertiary/aromatic N) is 2. The molecule has 0 unspecified atom stereocenters. The van der Waals surface area contributed by atoms with Crippen molar-refractivity contribution in [2.75, 3.05) is 6.61 Å². The van der Waals surface area contributed by atoms with E-state index in [2.05, 4.69) is 9.98 Å². The van der Waals surface area contributed by atoms with Crippen molar-refractivity contribution in [1.82, 2.24) is 4.98 Å². The number of aromatic hydroxyl groups is 1. The summed E-state index contributed by atoms with van der Waals surface area (Å²) in [7, 11) is 0. The normalized spacial score (nSPS) is 17.6. The van der Waals surface area contributed by atoms with Gasteiger partial charge in [0.2, 0.25) is 5.90 Å². The maximum Gasteiger partial charge on any atom is 0.218 e. The first-order chi connectivity index (χ1) is 8.53. The van der Waals surface area contributed by atoms with Gasteiger partial charge in [-0.25, -0.2) is 4.99 Å². The highest BCUT2D eigenvalue weighted by molar-refractivity contribution is 5.98. The first-order valence-corrected chi connectivity index (χ1v) is 5.85. The van der Waals surface area contributed by atoms with Gasteiger partial charge in [-0.05, 0) is 32.0 Å². The number of phenolic OH excluding ortho intramolecular Hbond substituents is 1. The zero-order valence-corrected chi connectivity index (χ0v) is 10.3. The average molecular weight is 242 g/mol. The van der Waals surface area contributed by atoms with Gasteiger partial charge in [-0.2, -0.15) is 0 Å². The fourth-order valence-electron chi connectivity index (χ4n) is 1.96. The quantitative estimate of drug-likeness (QED) is 0.835. The van der Waals surface area contributed by atoms with Crippen LogP contribution < -0.4 is 0 Å². The standard InChI is InChI=1S/C14H14N2O2/c1-14(2)8-18-13(16-14)10-5-9-3-4-11(17)6-12(9)15-7-10/h3-7,17H,8H2,1-2H3. The lowest BCUT2D eigenvalue weighted by Gasteiger charge is -2.07. The molecule has 0 amide bonds. The molecule has 3 rings (SSSR count). The van der Waals surface area contributed by atoms with Gasteiger partial charge in [0, 0.05) is 17.6 Å². The molecule has 0 spiro atoms. The maximum atomic E-state index is 9.39. The number of benzene rings is 1. The molecular weight excluding hydrogens is 228 g/mol. The molecule has 0 saturated heterocycles. The van der Waals surface area contributed by atoms with Crippen LogP contribution in [0.3, 0.4) is 0 Å². The van der Waals surface area contributed by atoms with Crippen molar-refractivity contribution in [2.45, 2.75) is 19.4 Å². The van der Waals surface area contributed by atoms with E-state index in [1.807, 2.05) is 26.0 Å². The minimum absolute atomic E-state index is 0.167. The summed E-state index contributed by atoms with van der Waals surface area (Å²) < 4.78 is 5.59. The van der Waals surface area contributed by atoms with Crippen LogP contribution in [0, 0.1) is 0 Å². The smallest absolute Gasteiger partial charge is 0.218 e. The van der Waals surface area contributed by atoms with E-state index < -0.39 is 0 Å². The monoisotopic (exact) mass is 242 g/mol. The number of hydrogen-bond acceptors (Lipinski definition) is 4. The van der Waals surface area contributed by atoms with Gasteiger partial charge in [-0.3, -0.25) is 4.98 Å². The molecule has 0 aliphatic carbocycles. The third-order valence-corrected chi connectivity index (χ3v) is 2.88. The Labute approximate surface area is 105 Å². The summed E-state index contributed by atoms with van der Waals surface area (Å²) in [5, 5.41) is 10.4. The number of hydrogen-bond donors (Lipinski definition) is 1. The Morgan fingerprint density at radius 3 is 2.83 bits per heavy atom. The topological polar surface area (TPSA) is 54.7 Å². The zero-order chi connectivity index (χ0) is 12.8. The van der Waals surface area contributed by atoms with Crippen LogP contribution in [-0.4, -0.2) is 28.1 Å². The van der Waals surface area contributed by atoms with Crippen molar-refractivity contribution in [3.8, 4) is 5.75 Å². The third-order valence-electron chi connectivity index (χ3n) is 2.88. The Hall–Kier alpha value is -2.10. The third kappa shape index (κ3) is 1.90. The van der Waals surface area contributed by atoms with Gasteiger partial charge in [0.25, 0.3) is 0 Å². The Morgan fingerprint density at radius 2 is 2.11 bits per heavy atom. The molecule has 4 nitrogen and oxygen atoms in total. The second-order valence-electron chi connectivity index (χ2n) is 5.12. The largest absolute Gasteiger partial charge is 0.508 e. The van der Waals surface area contributed by atoms with Gasteiger partial charge in [0.05, 0.1) is 16.6 Å². The lowest BCUT2D eigenvalue weighted by Crippen LogP contribution is -2.17. The van der Waals surface area contributed by atoms with Crippen molar-refractivity contribution in [2.24, 2.45) is 4.99 Å². The molecule has 1 aliphatic rings. The van der Waals surface area contributed by atoms with Crippen molar-refractivity contribution in [3.05, 3.63) is 36.0 Å². The highest BCUT2D eigenvalue weighted by Gasteiger charge is 2.27. The Bertz CT molecular complexity index is 647. The van der Waals surface area contributed by atoms with Crippen LogP contribution in [-0.2, 0) is 4.74 Å². The molecule has 0 saturated carbocycles. The molecule has 0 fully saturated rings. The van der Waals surface area contributed by atoms with E-state index in [1.165, 1.54) is 0 Å². The molecule has 1 aliphatic heterocycles. The molecule has 0 bridgehead atoms. The fraction of sp³-hybridized carbons (Fsp3) is 0.286. The predicted molar refractivity (Wildman–Crippen MR) is 70.0 cm³/mol. The predicted octanol–water partition coefficient (Wildman–Crippen LogP) is 2.50. The average Bonchev–Trinajstić information content (AvgIpc) is 2.69. The number of rotatable bonds is 1. The molecule has 2 heterocycles. The van der Waals surface area contributed by atoms with E-state index >= 15 is 0 Å². The van der Waals surface area contributed by atoms with Gasteiger partial charge >= 0.3 is 0 Å². The molecular formula is C14H14N2O2. The maximum absolute atomic E-state index is 9.39. The Morgan fingerprint density at radius 1 is 1.28 bits per heavy atom. The zero-order valence-electron chi connectivity index (χ0n) is 10.3. The summed E-state index contributed by atoms with van der Waals surface area (Å²) in [6.07, 6.45) is 1.72. The van der Waals surface area contributed by atoms with E-state index in [0.29, 0.717) is 12.5 Å². The minimum atomic E-state index is -0.167. The van der Waals surface area contributed by atoms with Crippen LogP contribution in [0.15, 0.2) is 35.5 Å². The van der Waals surface area contributed by atoms with E-state index in [1.54, 1.807) is 18.3 Å². The van der Waals surface area contributed by atoms with Crippen LogP contribution in [0.5, 0.6) is 5.75 Å². The van der Waals surface area contributed by atoms with E-state index in [0.717, 1.165) is 16.5 Å². The number of aromatic nitrogens is 1. The lowest BCUT2D eigenvalue weighted by atomic mass is 10.1. The van der Waals surface area contributed by atoms with Gasteiger partial charge in [-0.1, -0.05) is 0 Å². The molecule has 4 heteroatoms. The van der Waals surface area contributed by atoms with Crippen LogP contribution in [0.1, 0.15) is 19.4 Å². The van der Waals surface area contributed by atoms with Crippen molar-refractivity contribution in [1.29, 1.82) is 0 Å². The Kier molecular flexibility index (Phi) is 2.26. The van der Waals surface area contributed by atoms with E-state index in [4.69, 9.17) is 4.74 Å².